The molecule has 1 aliphatic rings. The Morgan fingerprint density at radius 3 is 2.75 bits per heavy atom. The van der Waals surface area contributed by atoms with Crippen molar-refractivity contribution in [3.8, 4) is 5.75 Å². The number of unbranched alkanes of at least 4 members (excludes halogenated alkanes) is 3. The fraction of sp³-hybridized carbons (Fsp3) is 0.562. The van der Waals surface area contributed by atoms with Gasteiger partial charge in [0.25, 0.3) is 0 Å². The van der Waals surface area contributed by atoms with Crippen LogP contribution in [0.5, 0.6) is 5.75 Å². The van der Waals surface area contributed by atoms with E-state index in [2.05, 4.69) is 6.92 Å². The Labute approximate surface area is 117 Å². The second-order valence-electron chi connectivity index (χ2n) is 5.50. The Bertz CT molecular complexity index is 512. The molecule has 0 heterocycles. The normalized spacial score (nSPS) is 18.1. The molecule has 1 aliphatic carbocycles. The number of carbonyl (C=O) groups is 1. The van der Waals surface area contributed by atoms with Gasteiger partial charge in [0, 0.05) is 17.0 Å². The molecule has 0 aromatic heterocycles. The fourth-order valence-electron chi connectivity index (χ4n) is 2.87. The van der Waals surface area contributed by atoms with Gasteiger partial charge in [-0.1, -0.05) is 32.6 Å². The predicted molar refractivity (Wildman–Crippen MR) is 72.9 cm³/mol. The lowest BCUT2D eigenvalue weighted by molar-refractivity contribution is 0.0890. The van der Waals surface area contributed by atoms with Crippen LogP contribution in [-0.4, -0.2) is 10.9 Å². The molecule has 1 atom stereocenters. The third-order valence-corrected chi connectivity index (χ3v) is 4.08. The van der Waals surface area contributed by atoms with Gasteiger partial charge in [0.2, 0.25) is 0 Å². The van der Waals surface area contributed by atoms with Gasteiger partial charge in [-0.05, 0) is 25.3 Å². The number of benzene rings is 1. The van der Waals surface area contributed by atoms with Crippen molar-refractivity contribution < 1.29 is 18.7 Å². The number of hydrogen-bond acceptors (Lipinski definition) is 2. The standard InChI is InChI=1S/C16H20F2O2/c1-2-3-4-5-6-10-7-8-11-12(15(10)19)9-13(17)16(20)14(11)18/h9-10,20H,2-8H2,1H3. The highest BCUT2D eigenvalue weighted by Crippen LogP contribution is 2.35. The first-order valence-electron chi connectivity index (χ1n) is 7.30. The van der Waals surface area contributed by atoms with Crippen LogP contribution >= 0.6 is 0 Å². The van der Waals surface area contributed by atoms with Crippen LogP contribution in [0.1, 0.15) is 61.4 Å². The van der Waals surface area contributed by atoms with Crippen molar-refractivity contribution in [2.75, 3.05) is 0 Å². The SMILES string of the molecule is CCCCCCC1CCc2c(cc(F)c(O)c2F)C1=O. The largest absolute Gasteiger partial charge is 0.503 e. The lowest BCUT2D eigenvalue weighted by Crippen LogP contribution is -2.24. The third-order valence-electron chi connectivity index (χ3n) is 4.08. The molecule has 2 rings (SSSR count). The minimum absolute atomic E-state index is 0.115. The molecule has 0 aliphatic heterocycles. The topological polar surface area (TPSA) is 37.3 Å². The summed E-state index contributed by atoms with van der Waals surface area (Å²) >= 11 is 0. The van der Waals surface area contributed by atoms with E-state index < -0.39 is 17.4 Å². The average Bonchev–Trinajstić information content (AvgIpc) is 2.44. The van der Waals surface area contributed by atoms with E-state index in [0.29, 0.717) is 12.8 Å². The number of phenols is 1. The van der Waals surface area contributed by atoms with Crippen molar-refractivity contribution >= 4 is 5.78 Å². The zero-order valence-corrected chi connectivity index (χ0v) is 11.7. The van der Waals surface area contributed by atoms with Gasteiger partial charge in [0.1, 0.15) is 0 Å². The van der Waals surface area contributed by atoms with Crippen molar-refractivity contribution in [3.05, 3.63) is 28.8 Å². The van der Waals surface area contributed by atoms with E-state index in [0.717, 1.165) is 38.2 Å². The molecule has 1 N–H and O–H groups in total. The second kappa shape index (κ2) is 6.33. The monoisotopic (exact) mass is 282 g/mol. The summed E-state index contributed by atoms with van der Waals surface area (Å²) in [6.45, 7) is 2.13. The van der Waals surface area contributed by atoms with Crippen molar-refractivity contribution in [2.45, 2.75) is 51.9 Å². The summed E-state index contributed by atoms with van der Waals surface area (Å²) in [7, 11) is 0. The lowest BCUT2D eigenvalue weighted by atomic mass is 9.80. The molecule has 0 saturated heterocycles. The summed E-state index contributed by atoms with van der Waals surface area (Å²) in [6, 6.07) is 0.980. The smallest absolute Gasteiger partial charge is 0.188 e. The van der Waals surface area contributed by atoms with Crippen LogP contribution in [0.15, 0.2) is 6.07 Å². The van der Waals surface area contributed by atoms with Crippen molar-refractivity contribution in [1.29, 1.82) is 0 Å². The third kappa shape index (κ3) is 2.84. The van der Waals surface area contributed by atoms with Crippen molar-refractivity contribution in [3.63, 3.8) is 0 Å². The zero-order valence-electron chi connectivity index (χ0n) is 11.7. The maximum absolute atomic E-state index is 13.8. The molecule has 0 saturated carbocycles. The molecule has 0 radical (unpaired) electrons. The maximum atomic E-state index is 13.8. The number of hydrogen-bond donors (Lipinski definition) is 1. The molecule has 0 bridgehead atoms. The number of carbonyl (C=O) groups excluding carboxylic acids is 1. The van der Waals surface area contributed by atoms with Gasteiger partial charge in [0.05, 0.1) is 0 Å². The van der Waals surface area contributed by atoms with E-state index in [1.165, 1.54) is 0 Å². The number of rotatable bonds is 5. The van der Waals surface area contributed by atoms with E-state index in [9.17, 15) is 18.7 Å². The van der Waals surface area contributed by atoms with E-state index in [4.69, 9.17) is 0 Å². The lowest BCUT2D eigenvalue weighted by Gasteiger charge is -2.24. The first-order valence-corrected chi connectivity index (χ1v) is 7.30. The van der Waals surface area contributed by atoms with Gasteiger partial charge in [-0.2, -0.15) is 0 Å². The molecule has 1 unspecified atom stereocenters. The first kappa shape index (κ1) is 14.9. The molecule has 1 aromatic carbocycles. The van der Waals surface area contributed by atoms with E-state index in [1.54, 1.807) is 0 Å². The Morgan fingerprint density at radius 1 is 1.30 bits per heavy atom. The number of aromatic hydroxyl groups is 1. The van der Waals surface area contributed by atoms with Crippen LogP contribution in [0.3, 0.4) is 0 Å². The Morgan fingerprint density at radius 2 is 2.05 bits per heavy atom. The number of Topliss-reactive ketones (excluding diaryl/α,β-unsaturated/α-hetero) is 1. The Hall–Kier alpha value is -1.45. The van der Waals surface area contributed by atoms with Crippen molar-refractivity contribution in [1.82, 2.24) is 0 Å². The molecular formula is C16H20F2O2. The highest BCUT2D eigenvalue weighted by molar-refractivity contribution is 6.00. The Kier molecular flexibility index (Phi) is 4.73. The van der Waals surface area contributed by atoms with Gasteiger partial charge in [0.15, 0.2) is 23.2 Å². The maximum Gasteiger partial charge on any atom is 0.188 e. The van der Waals surface area contributed by atoms with Gasteiger partial charge in [-0.3, -0.25) is 4.79 Å². The Balaban J connectivity index is 2.13. The molecule has 0 fully saturated rings. The number of phenolic OH excluding ortho intramolecular Hbond substituents is 1. The van der Waals surface area contributed by atoms with Crippen LogP contribution in [0.2, 0.25) is 0 Å². The van der Waals surface area contributed by atoms with E-state index in [1.807, 2.05) is 0 Å². The van der Waals surface area contributed by atoms with Gasteiger partial charge >= 0.3 is 0 Å². The van der Waals surface area contributed by atoms with Crippen LogP contribution in [0.25, 0.3) is 0 Å². The summed E-state index contributed by atoms with van der Waals surface area (Å²) in [6.07, 6.45) is 6.10. The van der Waals surface area contributed by atoms with Crippen LogP contribution in [0.4, 0.5) is 8.78 Å². The van der Waals surface area contributed by atoms with Crippen molar-refractivity contribution in [2.24, 2.45) is 5.92 Å². The molecule has 4 heteroatoms. The van der Waals surface area contributed by atoms with Gasteiger partial charge in [-0.15, -0.1) is 0 Å². The molecule has 0 amide bonds. The van der Waals surface area contributed by atoms with Gasteiger partial charge in [-0.25, -0.2) is 8.78 Å². The molecule has 0 spiro atoms. The summed E-state index contributed by atoms with van der Waals surface area (Å²) in [5.74, 6) is -3.32. The van der Waals surface area contributed by atoms with Crippen LogP contribution < -0.4 is 0 Å². The molecule has 110 valence electrons. The summed E-state index contributed by atoms with van der Waals surface area (Å²) in [5, 5.41) is 9.25. The van der Waals surface area contributed by atoms with Gasteiger partial charge < -0.3 is 5.11 Å². The van der Waals surface area contributed by atoms with Crippen LogP contribution in [-0.2, 0) is 6.42 Å². The molecule has 2 nitrogen and oxygen atoms in total. The number of halogens is 2. The van der Waals surface area contributed by atoms with E-state index in [-0.39, 0.29) is 22.8 Å². The molecule has 1 aromatic rings. The first-order chi connectivity index (χ1) is 9.56. The quantitative estimate of drug-likeness (QED) is 0.813. The minimum atomic E-state index is -1.05. The zero-order chi connectivity index (χ0) is 14.7. The number of fused-ring (bicyclic) bond motifs is 1. The number of ketones is 1. The minimum Gasteiger partial charge on any atom is -0.503 e. The second-order valence-corrected chi connectivity index (χ2v) is 5.50. The predicted octanol–water partition coefficient (Wildman–Crippen LogP) is 4.39. The van der Waals surface area contributed by atoms with Crippen LogP contribution in [0, 0.1) is 17.6 Å². The highest BCUT2D eigenvalue weighted by Gasteiger charge is 2.31. The van der Waals surface area contributed by atoms with E-state index >= 15 is 0 Å². The summed E-state index contributed by atoms with van der Waals surface area (Å²) in [5.41, 5.74) is 0.281. The highest BCUT2D eigenvalue weighted by atomic mass is 19.1. The summed E-state index contributed by atoms with van der Waals surface area (Å²) in [4.78, 5) is 12.3. The molecule has 20 heavy (non-hydrogen) atoms. The average molecular weight is 282 g/mol. The summed E-state index contributed by atoms with van der Waals surface area (Å²) < 4.78 is 27.1. The molecular weight excluding hydrogens is 262 g/mol. The fourth-order valence-corrected chi connectivity index (χ4v) is 2.87.